The Bertz CT molecular complexity index is 514. The standard InChI is InChI=1S/C19H30O5/c1-11(10-23-13(3)20)15-6-8-19(5)9-7-16(24-14(4)21)12(2)17(19)18(15)22/h11-12,15-17H,6-10H2,1-5H3/t11-,12+,15+,16+,17+,19+/m1/s1. The zero-order chi connectivity index (χ0) is 18.1. The maximum atomic E-state index is 13.2. The van der Waals surface area contributed by atoms with Crippen LogP contribution < -0.4 is 0 Å². The first-order valence-electron chi connectivity index (χ1n) is 9.00. The second kappa shape index (κ2) is 7.24. The minimum atomic E-state index is -0.309. The Labute approximate surface area is 144 Å². The van der Waals surface area contributed by atoms with E-state index in [0.29, 0.717) is 0 Å². The molecule has 0 N–H and O–H groups in total. The van der Waals surface area contributed by atoms with Crippen molar-refractivity contribution in [3.8, 4) is 0 Å². The van der Waals surface area contributed by atoms with Crippen LogP contribution in [0.15, 0.2) is 0 Å². The monoisotopic (exact) mass is 338 g/mol. The van der Waals surface area contributed by atoms with E-state index in [9.17, 15) is 14.4 Å². The molecule has 5 nitrogen and oxygen atoms in total. The van der Waals surface area contributed by atoms with Gasteiger partial charge in [0.15, 0.2) is 0 Å². The fourth-order valence-electron chi connectivity index (χ4n) is 4.79. The van der Waals surface area contributed by atoms with Crippen molar-refractivity contribution in [1.29, 1.82) is 0 Å². The lowest BCUT2D eigenvalue weighted by Crippen LogP contribution is -2.53. The second-order valence-corrected chi connectivity index (χ2v) is 8.00. The summed E-state index contributed by atoms with van der Waals surface area (Å²) in [5.74, 6) is -0.451. The van der Waals surface area contributed by atoms with Crippen molar-refractivity contribution in [3.05, 3.63) is 0 Å². The first-order valence-corrected chi connectivity index (χ1v) is 9.00. The number of ketones is 1. The lowest BCUT2D eigenvalue weighted by atomic mass is 9.53. The molecular weight excluding hydrogens is 308 g/mol. The Morgan fingerprint density at radius 2 is 1.83 bits per heavy atom. The molecule has 2 saturated carbocycles. The van der Waals surface area contributed by atoms with Crippen molar-refractivity contribution in [2.45, 2.75) is 66.4 Å². The smallest absolute Gasteiger partial charge is 0.302 e. The maximum absolute atomic E-state index is 13.2. The summed E-state index contributed by atoms with van der Waals surface area (Å²) >= 11 is 0. The number of esters is 2. The Hall–Kier alpha value is -1.39. The number of hydrogen-bond donors (Lipinski definition) is 0. The van der Waals surface area contributed by atoms with Gasteiger partial charge in [-0.05, 0) is 37.0 Å². The van der Waals surface area contributed by atoms with Gasteiger partial charge in [-0.25, -0.2) is 0 Å². The zero-order valence-electron chi connectivity index (χ0n) is 15.5. The fraction of sp³-hybridized carbons (Fsp3) is 0.842. The van der Waals surface area contributed by atoms with Crippen molar-refractivity contribution in [2.75, 3.05) is 6.61 Å². The number of rotatable bonds is 4. The molecule has 0 aliphatic heterocycles. The maximum Gasteiger partial charge on any atom is 0.302 e. The molecule has 0 amide bonds. The summed E-state index contributed by atoms with van der Waals surface area (Å²) in [5.41, 5.74) is -0.00913. The highest BCUT2D eigenvalue weighted by Gasteiger charge is 2.53. The number of carbonyl (C=O) groups is 3. The molecule has 0 aromatic carbocycles. The average molecular weight is 338 g/mol. The zero-order valence-corrected chi connectivity index (χ0v) is 15.5. The van der Waals surface area contributed by atoms with E-state index < -0.39 is 0 Å². The molecule has 0 saturated heterocycles. The van der Waals surface area contributed by atoms with Crippen LogP contribution in [-0.4, -0.2) is 30.4 Å². The molecule has 6 atom stereocenters. The van der Waals surface area contributed by atoms with E-state index in [0.717, 1.165) is 25.7 Å². The summed E-state index contributed by atoms with van der Waals surface area (Å²) in [6, 6.07) is 0. The first-order chi connectivity index (χ1) is 11.2. The lowest BCUT2D eigenvalue weighted by molar-refractivity contribution is -0.166. The number of Topliss-reactive ketones (excluding diaryl/α,β-unsaturated/α-hetero) is 1. The van der Waals surface area contributed by atoms with Crippen LogP contribution in [0, 0.1) is 29.1 Å². The molecule has 136 valence electrons. The van der Waals surface area contributed by atoms with Crippen LogP contribution >= 0.6 is 0 Å². The average Bonchev–Trinajstić information content (AvgIpc) is 2.47. The number of hydrogen-bond acceptors (Lipinski definition) is 5. The Balaban J connectivity index is 2.14. The summed E-state index contributed by atoms with van der Waals surface area (Å²) < 4.78 is 10.6. The van der Waals surface area contributed by atoms with Crippen molar-refractivity contribution < 1.29 is 23.9 Å². The molecule has 5 heteroatoms. The van der Waals surface area contributed by atoms with Gasteiger partial charge in [0.1, 0.15) is 11.9 Å². The van der Waals surface area contributed by atoms with Gasteiger partial charge in [-0.2, -0.15) is 0 Å². The molecule has 24 heavy (non-hydrogen) atoms. The minimum absolute atomic E-state index is 0.00913. The van der Waals surface area contributed by atoms with Gasteiger partial charge in [-0.1, -0.05) is 20.8 Å². The Morgan fingerprint density at radius 3 is 2.42 bits per heavy atom. The minimum Gasteiger partial charge on any atom is -0.466 e. The molecule has 2 fully saturated rings. The van der Waals surface area contributed by atoms with Crippen molar-refractivity contribution in [2.24, 2.45) is 29.1 Å². The number of ether oxygens (including phenoxy) is 2. The van der Waals surface area contributed by atoms with Crippen molar-refractivity contribution in [1.82, 2.24) is 0 Å². The molecule has 0 aromatic heterocycles. The normalized spacial score (nSPS) is 37.3. The molecule has 0 unspecified atom stereocenters. The summed E-state index contributed by atoms with van der Waals surface area (Å²) in [6.45, 7) is 9.31. The third kappa shape index (κ3) is 3.81. The molecule has 2 aliphatic carbocycles. The Morgan fingerprint density at radius 1 is 1.21 bits per heavy atom. The predicted octanol–water partition coefficient (Wildman–Crippen LogP) is 3.15. The van der Waals surface area contributed by atoms with Gasteiger partial charge in [-0.3, -0.25) is 14.4 Å². The van der Waals surface area contributed by atoms with Gasteiger partial charge in [0.2, 0.25) is 0 Å². The molecule has 0 aromatic rings. The van der Waals surface area contributed by atoms with Gasteiger partial charge in [-0.15, -0.1) is 0 Å². The summed E-state index contributed by atoms with van der Waals surface area (Å²) in [5, 5.41) is 0. The van der Waals surface area contributed by atoms with Crippen LogP contribution in [0.1, 0.15) is 60.3 Å². The number of carbonyl (C=O) groups excluding carboxylic acids is 3. The molecule has 0 heterocycles. The highest BCUT2D eigenvalue weighted by molar-refractivity contribution is 5.86. The van der Waals surface area contributed by atoms with E-state index in [1.54, 1.807) is 0 Å². The molecule has 0 radical (unpaired) electrons. The molecule has 2 aliphatic rings. The van der Waals surface area contributed by atoms with Crippen LogP contribution in [0.2, 0.25) is 0 Å². The predicted molar refractivity (Wildman–Crippen MR) is 89.1 cm³/mol. The molecule has 0 spiro atoms. The fourth-order valence-corrected chi connectivity index (χ4v) is 4.79. The third-order valence-electron chi connectivity index (χ3n) is 6.12. The van der Waals surface area contributed by atoms with Gasteiger partial charge >= 0.3 is 11.9 Å². The van der Waals surface area contributed by atoms with Crippen LogP contribution in [-0.2, 0) is 23.9 Å². The van der Waals surface area contributed by atoms with E-state index in [2.05, 4.69) is 6.92 Å². The van der Waals surface area contributed by atoms with Crippen molar-refractivity contribution >= 4 is 17.7 Å². The molecular formula is C19H30O5. The van der Waals surface area contributed by atoms with E-state index >= 15 is 0 Å². The van der Waals surface area contributed by atoms with E-state index in [1.807, 2.05) is 13.8 Å². The third-order valence-corrected chi connectivity index (χ3v) is 6.12. The second-order valence-electron chi connectivity index (χ2n) is 8.00. The number of fused-ring (bicyclic) bond motifs is 1. The van der Waals surface area contributed by atoms with Gasteiger partial charge in [0.25, 0.3) is 0 Å². The topological polar surface area (TPSA) is 69.7 Å². The largest absolute Gasteiger partial charge is 0.466 e. The molecule has 2 rings (SSSR count). The van der Waals surface area contributed by atoms with Gasteiger partial charge < -0.3 is 9.47 Å². The summed E-state index contributed by atoms with van der Waals surface area (Å²) in [7, 11) is 0. The highest BCUT2D eigenvalue weighted by Crippen LogP contribution is 2.53. The van der Waals surface area contributed by atoms with Gasteiger partial charge in [0.05, 0.1) is 6.61 Å². The van der Waals surface area contributed by atoms with E-state index in [-0.39, 0.29) is 59.5 Å². The van der Waals surface area contributed by atoms with Crippen molar-refractivity contribution in [3.63, 3.8) is 0 Å². The quantitative estimate of drug-likeness (QED) is 0.737. The summed E-state index contributed by atoms with van der Waals surface area (Å²) in [4.78, 5) is 35.6. The lowest BCUT2D eigenvalue weighted by Gasteiger charge is -2.52. The first kappa shape index (κ1) is 18.9. The van der Waals surface area contributed by atoms with Crippen LogP contribution in [0.3, 0.4) is 0 Å². The van der Waals surface area contributed by atoms with E-state index in [1.165, 1.54) is 13.8 Å². The van der Waals surface area contributed by atoms with Crippen LogP contribution in [0.25, 0.3) is 0 Å². The SMILES string of the molecule is CC(=O)OC[C@@H](C)[C@@H]1CC[C@@]2(C)CC[C@H](OC(C)=O)[C@H](C)[C@H]2C1=O. The van der Waals surface area contributed by atoms with E-state index in [4.69, 9.17) is 9.47 Å². The molecule has 0 bridgehead atoms. The van der Waals surface area contributed by atoms with Gasteiger partial charge in [0, 0.05) is 31.6 Å². The highest BCUT2D eigenvalue weighted by atomic mass is 16.5. The van der Waals surface area contributed by atoms with Crippen LogP contribution in [0.4, 0.5) is 0 Å². The summed E-state index contributed by atoms with van der Waals surface area (Å²) in [6.07, 6.45) is 3.41. The Kier molecular flexibility index (Phi) is 5.71. The van der Waals surface area contributed by atoms with Crippen LogP contribution in [0.5, 0.6) is 0 Å².